The second-order valence-corrected chi connectivity index (χ2v) is 4.66. The highest BCUT2D eigenvalue weighted by atomic mass is 35.5. The molecule has 1 heterocycles. The minimum Gasteiger partial charge on any atom is -0.392 e. The molecule has 2 aromatic rings. The Hall–Kier alpha value is -1.03. The van der Waals surface area contributed by atoms with Crippen molar-refractivity contribution in [2.75, 3.05) is 0 Å². The van der Waals surface area contributed by atoms with Crippen LogP contribution in [-0.2, 0) is 6.61 Å². The summed E-state index contributed by atoms with van der Waals surface area (Å²) >= 11 is 12.1. The van der Waals surface area contributed by atoms with Crippen LogP contribution >= 0.6 is 23.2 Å². The first-order chi connectivity index (χ1) is 8.04. The Balaban J connectivity index is 2.64. The zero-order valence-electron chi connectivity index (χ0n) is 9.54. The first kappa shape index (κ1) is 12.4. The first-order valence-electron chi connectivity index (χ1n) is 5.16. The molecule has 0 aliphatic heterocycles. The van der Waals surface area contributed by atoms with E-state index in [4.69, 9.17) is 23.2 Å². The number of aromatic nitrogens is 2. The molecule has 1 aromatic heterocycles. The molecule has 0 saturated carbocycles. The van der Waals surface area contributed by atoms with Crippen LogP contribution in [0.4, 0.5) is 0 Å². The van der Waals surface area contributed by atoms with Gasteiger partial charge in [-0.3, -0.25) is 0 Å². The van der Waals surface area contributed by atoms with Gasteiger partial charge in [0.1, 0.15) is 0 Å². The standard InChI is InChI=1S/C12H12Cl2N2O/c1-7-10(6-17)8(2)16(15-7)12-5-9(13)3-4-11(12)14/h3-5,17H,6H2,1-2H3. The van der Waals surface area contributed by atoms with Crippen molar-refractivity contribution in [1.29, 1.82) is 0 Å². The molecule has 0 unspecified atom stereocenters. The van der Waals surface area contributed by atoms with Crippen molar-refractivity contribution >= 4 is 23.2 Å². The van der Waals surface area contributed by atoms with Gasteiger partial charge in [-0.2, -0.15) is 5.10 Å². The second-order valence-electron chi connectivity index (χ2n) is 3.82. The van der Waals surface area contributed by atoms with Gasteiger partial charge >= 0.3 is 0 Å². The van der Waals surface area contributed by atoms with Gasteiger partial charge in [-0.15, -0.1) is 0 Å². The maximum absolute atomic E-state index is 9.27. The van der Waals surface area contributed by atoms with Gasteiger partial charge in [0.05, 0.1) is 23.0 Å². The fourth-order valence-electron chi connectivity index (χ4n) is 1.79. The summed E-state index contributed by atoms with van der Waals surface area (Å²) in [5, 5.41) is 14.8. The average molecular weight is 271 g/mol. The molecular formula is C12H12Cl2N2O. The van der Waals surface area contributed by atoms with Gasteiger partial charge in [0.2, 0.25) is 0 Å². The van der Waals surface area contributed by atoms with E-state index in [9.17, 15) is 5.11 Å². The fourth-order valence-corrected chi connectivity index (χ4v) is 2.15. The van der Waals surface area contributed by atoms with Gasteiger partial charge in [-0.1, -0.05) is 23.2 Å². The Morgan fingerprint density at radius 3 is 2.59 bits per heavy atom. The van der Waals surface area contributed by atoms with Crippen LogP contribution in [0, 0.1) is 13.8 Å². The molecular weight excluding hydrogens is 259 g/mol. The van der Waals surface area contributed by atoms with E-state index in [0.717, 1.165) is 22.6 Å². The van der Waals surface area contributed by atoms with Crippen LogP contribution in [0.25, 0.3) is 5.69 Å². The van der Waals surface area contributed by atoms with Crippen LogP contribution in [-0.4, -0.2) is 14.9 Å². The molecule has 17 heavy (non-hydrogen) atoms. The van der Waals surface area contributed by atoms with Gasteiger partial charge in [-0.05, 0) is 32.0 Å². The molecule has 3 nitrogen and oxygen atoms in total. The van der Waals surface area contributed by atoms with Crippen molar-refractivity contribution in [2.24, 2.45) is 0 Å². The fraction of sp³-hybridized carbons (Fsp3) is 0.250. The summed E-state index contributed by atoms with van der Waals surface area (Å²) in [7, 11) is 0. The molecule has 0 amide bonds. The number of aliphatic hydroxyl groups is 1. The lowest BCUT2D eigenvalue weighted by Gasteiger charge is -2.07. The van der Waals surface area contributed by atoms with Crippen molar-refractivity contribution < 1.29 is 5.11 Å². The molecule has 0 spiro atoms. The summed E-state index contributed by atoms with van der Waals surface area (Å²) in [6.07, 6.45) is 0. The summed E-state index contributed by atoms with van der Waals surface area (Å²) in [5.41, 5.74) is 3.20. The van der Waals surface area contributed by atoms with Crippen molar-refractivity contribution in [3.05, 3.63) is 45.2 Å². The lowest BCUT2D eigenvalue weighted by atomic mass is 10.2. The van der Waals surface area contributed by atoms with E-state index in [1.165, 1.54) is 0 Å². The Morgan fingerprint density at radius 2 is 2.00 bits per heavy atom. The number of halogens is 2. The quantitative estimate of drug-likeness (QED) is 0.910. The van der Waals surface area contributed by atoms with E-state index in [0.29, 0.717) is 10.0 Å². The highest BCUT2D eigenvalue weighted by Gasteiger charge is 2.14. The van der Waals surface area contributed by atoms with Crippen molar-refractivity contribution in [3.8, 4) is 5.69 Å². The maximum Gasteiger partial charge on any atom is 0.0849 e. The predicted molar refractivity (Wildman–Crippen MR) is 69.0 cm³/mol. The molecule has 0 radical (unpaired) electrons. The van der Waals surface area contributed by atoms with Crippen LogP contribution < -0.4 is 0 Å². The maximum atomic E-state index is 9.27. The van der Waals surface area contributed by atoms with Crippen molar-refractivity contribution in [1.82, 2.24) is 9.78 Å². The Morgan fingerprint density at radius 1 is 1.29 bits per heavy atom. The summed E-state index contributed by atoms with van der Waals surface area (Å²) in [4.78, 5) is 0. The topological polar surface area (TPSA) is 38.0 Å². The largest absolute Gasteiger partial charge is 0.392 e. The van der Waals surface area contributed by atoms with Crippen LogP contribution in [0.3, 0.4) is 0 Å². The third kappa shape index (κ3) is 2.18. The van der Waals surface area contributed by atoms with Crippen molar-refractivity contribution in [3.63, 3.8) is 0 Å². The van der Waals surface area contributed by atoms with E-state index in [2.05, 4.69) is 5.10 Å². The van der Waals surface area contributed by atoms with E-state index in [1.807, 2.05) is 13.8 Å². The number of nitrogens with zero attached hydrogens (tertiary/aromatic N) is 2. The molecule has 1 N–H and O–H groups in total. The zero-order chi connectivity index (χ0) is 12.6. The normalized spacial score (nSPS) is 10.9. The Bertz CT molecular complexity index is 564. The minimum absolute atomic E-state index is 0.0319. The number of aliphatic hydroxyl groups excluding tert-OH is 1. The summed E-state index contributed by atoms with van der Waals surface area (Å²) in [6.45, 7) is 3.71. The van der Waals surface area contributed by atoms with Crippen LogP contribution in [0.2, 0.25) is 10.0 Å². The highest BCUT2D eigenvalue weighted by molar-refractivity contribution is 6.34. The van der Waals surface area contributed by atoms with Gasteiger partial charge in [0.25, 0.3) is 0 Å². The number of aryl methyl sites for hydroxylation is 1. The average Bonchev–Trinajstić information content (AvgIpc) is 2.57. The van der Waals surface area contributed by atoms with Gasteiger partial charge in [0.15, 0.2) is 0 Å². The molecule has 0 aliphatic rings. The number of hydrogen-bond donors (Lipinski definition) is 1. The Kier molecular flexibility index (Phi) is 3.43. The first-order valence-corrected chi connectivity index (χ1v) is 5.91. The van der Waals surface area contributed by atoms with Gasteiger partial charge < -0.3 is 5.11 Å². The van der Waals surface area contributed by atoms with E-state index < -0.39 is 0 Å². The van der Waals surface area contributed by atoms with Crippen LogP contribution in [0.5, 0.6) is 0 Å². The van der Waals surface area contributed by atoms with E-state index in [1.54, 1.807) is 22.9 Å². The molecule has 0 bridgehead atoms. The third-order valence-electron chi connectivity index (χ3n) is 2.74. The minimum atomic E-state index is -0.0319. The number of rotatable bonds is 2. The second kappa shape index (κ2) is 4.69. The van der Waals surface area contributed by atoms with Crippen LogP contribution in [0.15, 0.2) is 18.2 Å². The molecule has 0 atom stereocenters. The monoisotopic (exact) mass is 270 g/mol. The molecule has 2 rings (SSSR count). The SMILES string of the molecule is Cc1nn(-c2cc(Cl)ccc2Cl)c(C)c1CO. The lowest BCUT2D eigenvalue weighted by Crippen LogP contribution is -2.00. The van der Waals surface area contributed by atoms with E-state index >= 15 is 0 Å². The van der Waals surface area contributed by atoms with Gasteiger partial charge in [0, 0.05) is 16.3 Å². The summed E-state index contributed by atoms with van der Waals surface area (Å²) in [5.74, 6) is 0. The van der Waals surface area contributed by atoms with E-state index in [-0.39, 0.29) is 6.61 Å². The van der Waals surface area contributed by atoms with Gasteiger partial charge in [-0.25, -0.2) is 4.68 Å². The molecule has 90 valence electrons. The Labute approximate surface area is 110 Å². The highest BCUT2D eigenvalue weighted by Crippen LogP contribution is 2.26. The van der Waals surface area contributed by atoms with Crippen molar-refractivity contribution in [2.45, 2.75) is 20.5 Å². The molecule has 0 fully saturated rings. The summed E-state index contributed by atoms with van der Waals surface area (Å²) in [6, 6.07) is 5.21. The lowest BCUT2D eigenvalue weighted by molar-refractivity contribution is 0.280. The predicted octanol–water partition coefficient (Wildman–Crippen LogP) is 3.29. The molecule has 0 aliphatic carbocycles. The summed E-state index contributed by atoms with van der Waals surface area (Å²) < 4.78 is 1.70. The smallest absolute Gasteiger partial charge is 0.0849 e. The third-order valence-corrected chi connectivity index (χ3v) is 3.29. The molecule has 0 saturated heterocycles. The number of benzene rings is 1. The molecule has 5 heteroatoms. The molecule has 1 aromatic carbocycles. The van der Waals surface area contributed by atoms with Crippen LogP contribution in [0.1, 0.15) is 17.0 Å². The number of hydrogen-bond acceptors (Lipinski definition) is 2. The zero-order valence-corrected chi connectivity index (χ0v) is 11.0.